The van der Waals surface area contributed by atoms with Crippen molar-refractivity contribution in [3.63, 3.8) is 0 Å². The minimum absolute atomic E-state index is 0.904. The van der Waals surface area contributed by atoms with Gasteiger partial charge < -0.3 is 13.7 Å². The van der Waals surface area contributed by atoms with Crippen LogP contribution in [0, 0.1) is 0 Å². The zero-order valence-corrected chi connectivity index (χ0v) is 28.7. The van der Waals surface area contributed by atoms with Gasteiger partial charge >= 0.3 is 0 Å². The number of para-hydroxylation sites is 4. The Bertz CT molecular complexity index is 3010. The Morgan fingerprint density at radius 3 is 1.36 bits per heavy atom. The molecule has 9 aromatic carbocycles. The van der Waals surface area contributed by atoms with Crippen LogP contribution in [0.4, 0.5) is 17.1 Å². The summed E-state index contributed by atoms with van der Waals surface area (Å²) in [6.45, 7) is 0. The highest BCUT2D eigenvalue weighted by Gasteiger charge is 2.19. The van der Waals surface area contributed by atoms with Crippen LogP contribution in [0.2, 0.25) is 0 Å². The summed E-state index contributed by atoms with van der Waals surface area (Å²) in [4.78, 5) is 2.37. The first kappa shape index (κ1) is 29.6. The Balaban J connectivity index is 1.06. The largest absolute Gasteiger partial charge is 0.455 e. The number of nitrogens with zero attached hydrogens (tertiary/aromatic N) is 1. The van der Waals surface area contributed by atoms with Gasteiger partial charge in [-0.05, 0) is 69.8 Å². The molecule has 0 aliphatic heterocycles. The summed E-state index contributed by atoms with van der Waals surface area (Å²) < 4.78 is 12.8. The van der Waals surface area contributed by atoms with Gasteiger partial charge in [-0.1, -0.05) is 146 Å². The molecule has 0 aliphatic rings. The monoisotopic (exact) mass is 677 g/mol. The molecule has 0 N–H and O–H groups in total. The lowest BCUT2D eigenvalue weighted by atomic mass is 9.98. The molecule has 2 heterocycles. The average molecular weight is 678 g/mol. The van der Waals surface area contributed by atoms with E-state index in [1.54, 1.807) is 0 Å². The molecule has 3 heteroatoms. The van der Waals surface area contributed by atoms with Gasteiger partial charge in [0, 0.05) is 49.4 Å². The number of benzene rings is 9. The average Bonchev–Trinajstić information content (AvgIpc) is 3.80. The first-order valence-electron chi connectivity index (χ1n) is 18.0. The molecular formula is C50H31NO2. The van der Waals surface area contributed by atoms with Crippen LogP contribution in [-0.4, -0.2) is 0 Å². The van der Waals surface area contributed by atoms with Crippen LogP contribution in [0.25, 0.3) is 87.7 Å². The van der Waals surface area contributed by atoms with E-state index in [-0.39, 0.29) is 0 Å². The summed E-state index contributed by atoms with van der Waals surface area (Å²) in [5, 5.41) is 9.43. The summed E-state index contributed by atoms with van der Waals surface area (Å²) in [6, 6.07) is 66.8. The highest BCUT2D eigenvalue weighted by molar-refractivity contribution is 6.13. The van der Waals surface area contributed by atoms with Crippen molar-refractivity contribution in [1.82, 2.24) is 0 Å². The van der Waals surface area contributed by atoms with E-state index < -0.39 is 0 Å². The van der Waals surface area contributed by atoms with E-state index in [0.717, 1.165) is 83.2 Å². The maximum absolute atomic E-state index is 6.41. The Kier molecular flexibility index (Phi) is 6.55. The Morgan fingerprint density at radius 1 is 0.302 bits per heavy atom. The smallest absolute Gasteiger partial charge is 0.143 e. The lowest BCUT2D eigenvalue weighted by molar-refractivity contribution is 0.669. The fourth-order valence-electron chi connectivity index (χ4n) is 8.18. The van der Waals surface area contributed by atoms with Crippen LogP contribution in [0.5, 0.6) is 0 Å². The van der Waals surface area contributed by atoms with Crippen LogP contribution in [-0.2, 0) is 0 Å². The van der Waals surface area contributed by atoms with Crippen molar-refractivity contribution in [2.45, 2.75) is 0 Å². The number of furan rings is 2. The number of hydrogen-bond donors (Lipinski definition) is 0. The van der Waals surface area contributed by atoms with E-state index in [0.29, 0.717) is 0 Å². The molecule has 0 aliphatic carbocycles. The van der Waals surface area contributed by atoms with E-state index in [1.807, 2.05) is 24.3 Å². The molecule has 0 bridgehead atoms. The minimum Gasteiger partial charge on any atom is -0.455 e. The van der Waals surface area contributed by atoms with Gasteiger partial charge in [0.1, 0.15) is 22.3 Å². The van der Waals surface area contributed by atoms with Crippen LogP contribution in [0.3, 0.4) is 0 Å². The molecule has 11 rings (SSSR count). The third-order valence-corrected chi connectivity index (χ3v) is 10.7. The highest BCUT2D eigenvalue weighted by Crippen LogP contribution is 2.43. The second kappa shape index (κ2) is 11.7. The fraction of sp³-hybridized carbons (Fsp3) is 0. The molecule has 2 aromatic heterocycles. The molecular weight excluding hydrogens is 647 g/mol. The van der Waals surface area contributed by atoms with Crippen LogP contribution < -0.4 is 4.90 Å². The Labute approximate surface area is 305 Å². The van der Waals surface area contributed by atoms with Crippen molar-refractivity contribution in [3.8, 4) is 22.3 Å². The quantitative estimate of drug-likeness (QED) is 0.170. The van der Waals surface area contributed by atoms with Gasteiger partial charge in [-0.15, -0.1) is 0 Å². The number of rotatable bonds is 5. The van der Waals surface area contributed by atoms with Gasteiger partial charge in [-0.3, -0.25) is 0 Å². The van der Waals surface area contributed by atoms with E-state index in [2.05, 4.69) is 169 Å². The molecule has 0 fully saturated rings. The van der Waals surface area contributed by atoms with Crippen molar-refractivity contribution in [2.24, 2.45) is 0 Å². The summed E-state index contributed by atoms with van der Waals surface area (Å²) in [5.74, 6) is 0. The predicted octanol–water partition coefficient (Wildman–Crippen LogP) is 14.6. The summed E-state index contributed by atoms with van der Waals surface area (Å²) in [5.41, 5.74) is 11.3. The van der Waals surface area contributed by atoms with Crippen LogP contribution in [0.15, 0.2) is 197 Å². The maximum Gasteiger partial charge on any atom is 0.143 e. The van der Waals surface area contributed by atoms with Crippen LogP contribution in [0.1, 0.15) is 0 Å². The highest BCUT2D eigenvalue weighted by atomic mass is 16.3. The molecule has 0 spiro atoms. The van der Waals surface area contributed by atoms with Gasteiger partial charge in [0.15, 0.2) is 0 Å². The van der Waals surface area contributed by atoms with Crippen molar-refractivity contribution in [2.75, 3.05) is 4.90 Å². The molecule has 0 saturated heterocycles. The molecule has 0 atom stereocenters. The first-order valence-corrected chi connectivity index (χ1v) is 18.0. The van der Waals surface area contributed by atoms with E-state index in [1.165, 1.54) is 21.5 Å². The Morgan fingerprint density at radius 2 is 0.774 bits per heavy atom. The minimum atomic E-state index is 0.904. The fourth-order valence-corrected chi connectivity index (χ4v) is 8.18. The molecule has 11 aromatic rings. The topological polar surface area (TPSA) is 29.5 Å². The predicted molar refractivity (Wildman–Crippen MR) is 222 cm³/mol. The molecule has 53 heavy (non-hydrogen) atoms. The molecule has 0 saturated carbocycles. The zero-order valence-electron chi connectivity index (χ0n) is 28.7. The molecule has 0 amide bonds. The third kappa shape index (κ3) is 4.68. The normalized spacial score (nSPS) is 11.8. The summed E-state index contributed by atoms with van der Waals surface area (Å²) in [6.07, 6.45) is 0. The van der Waals surface area contributed by atoms with Crippen molar-refractivity contribution in [1.29, 1.82) is 0 Å². The van der Waals surface area contributed by atoms with Gasteiger partial charge in [-0.25, -0.2) is 0 Å². The van der Waals surface area contributed by atoms with Gasteiger partial charge in [0.05, 0.1) is 5.69 Å². The van der Waals surface area contributed by atoms with Gasteiger partial charge in [0.2, 0.25) is 0 Å². The van der Waals surface area contributed by atoms with E-state index >= 15 is 0 Å². The first-order chi connectivity index (χ1) is 26.3. The summed E-state index contributed by atoms with van der Waals surface area (Å²) in [7, 11) is 0. The lowest BCUT2D eigenvalue weighted by Crippen LogP contribution is -2.10. The van der Waals surface area contributed by atoms with Gasteiger partial charge in [0.25, 0.3) is 0 Å². The molecule has 0 unspecified atom stereocenters. The molecule has 0 radical (unpaired) electrons. The van der Waals surface area contributed by atoms with Crippen LogP contribution >= 0.6 is 0 Å². The summed E-state index contributed by atoms with van der Waals surface area (Å²) >= 11 is 0. The van der Waals surface area contributed by atoms with Crippen molar-refractivity contribution < 1.29 is 8.83 Å². The number of hydrogen-bond acceptors (Lipinski definition) is 3. The second-order valence-corrected chi connectivity index (χ2v) is 13.6. The van der Waals surface area contributed by atoms with Crippen molar-refractivity contribution in [3.05, 3.63) is 188 Å². The van der Waals surface area contributed by atoms with E-state index in [4.69, 9.17) is 8.83 Å². The lowest BCUT2D eigenvalue weighted by Gasteiger charge is -2.27. The number of fused-ring (bicyclic) bond motifs is 9. The Hall–Kier alpha value is -7.10. The van der Waals surface area contributed by atoms with E-state index in [9.17, 15) is 0 Å². The van der Waals surface area contributed by atoms with Gasteiger partial charge in [-0.2, -0.15) is 0 Å². The van der Waals surface area contributed by atoms with Crippen molar-refractivity contribution >= 4 is 82.5 Å². The third-order valence-electron chi connectivity index (χ3n) is 10.7. The number of anilines is 3. The second-order valence-electron chi connectivity index (χ2n) is 13.6. The standard InChI is InChI=1S/C50H31NO2/c1-2-11-37-32(10-1)26-31-41-40(37)16-9-19-46(41)51(35-27-22-33(23-28-35)38-14-7-17-44-42-12-3-5-20-47(42)52-49(38)44)36-29-24-34(25-30-36)39-15-8-18-45-43-13-4-6-21-48(43)53-50(39)45/h1-31H. The maximum atomic E-state index is 6.41. The zero-order chi connectivity index (χ0) is 34.9. The molecule has 3 nitrogen and oxygen atoms in total. The molecule has 248 valence electrons. The SMILES string of the molecule is c1ccc2c(c1)ccc1c(N(c3ccc(-c4cccc5c4oc4ccccc45)cc3)c3ccc(-c4cccc5c4oc4ccccc45)cc3)cccc12.